The average molecular weight is 653 g/mol. The molecule has 12 rings (SSSR count). The SMILES string of the molecule is Cc1cc2c3c(c1)N(c1ccccc1)c1c(sc4ccccc14)B3N1c3ccccc3C3(c4ccccc4-c4ccccc43)c3cccc-2c31. The maximum absolute atomic E-state index is 2.73. The fourth-order valence-electron chi connectivity index (χ4n) is 9.96. The molecule has 1 aromatic heterocycles. The van der Waals surface area contributed by atoms with Gasteiger partial charge in [-0.3, -0.25) is 0 Å². The van der Waals surface area contributed by atoms with E-state index >= 15 is 0 Å². The Morgan fingerprint density at radius 1 is 0.520 bits per heavy atom. The van der Waals surface area contributed by atoms with Crippen molar-refractivity contribution < 1.29 is 0 Å². The van der Waals surface area contributed by atoms with Gasteiger partial charge in [0.1, 0.15) is 0 Å². The summed E-state index contributed by atoms with van der Waals surface area (Å²) in [6.45, 7) is 2.28. The first-order valence-corrected chi connectivity index (χ1v) is 18.3. The molecule has 4 aliphatic rings. The molecule has 0 fully saturated rings. The highest BCUT2D eigenvalue weighted by Crippen LogP contribution is 2.65. The summed E-state index contributed by atoms with van der Waals surface area (Å²) in [5, 5.41) is 1.31. The Morgan fingerprint density at radius 3 is 1.96 bits per heavy atom. The molecule has 0 bridgehead atoms. The monoisotopic (exact) mass is 652 g/mol. The highest BCUT2D eigenvalue weighted by molar-refractivity contribution is 7.32. The Labute approximate surface area is 295 Å². The summed E-state index contributed by atoms with van der Waals surface area (Å²) in [6.07, 6.45) is 0. The number of hydrogen-bond donors (Lipinski definition) is 0. The van der Waals surface area contributed by atoms with Crippen molar-refractivity contribution in [2.45, 2.75) is 12.3 Å². The van der Waals surface area contributed by atoms with E-state index in [0.29, 0.717) is 0 Å². The van der Waals surface area contributed by atoms with Crippen molar-refractivity contribution in [3.8, 4) is 22.3 Å². The Morgan fingerprint density at radius 2 is 1.16 bits per heavy atom. The largest absolute Gasteiger partial charge is 0.375 e. The quantitative estimate of drug-likeness (QED) is 0.163. The van der Waals surface area contributed by atoms with Crippen molar-refractivity contribution in [3.05, 3.63) is 186 Å². The lowest BCUT2D eigenvalue weighted by molar-refractivity contribution is 0.756. The van der Waals surface area contributed by atoms with Crippen LogP contribution in [0.1, 0.15) is 27.8 Å². The van der Waals surface area contributed by atoms with Crippen LogP contribution in [0, 0.1) is 6.92 Å². The zero-order valence-corrected chi connectivity index (χ0v) is 28.2. The molecule has 232 valence electrons. The highest BCUT2D eigenvalue weighted by atomic mass is 32.1. The van der Waals surface area contributed by atoms with Crippen LogP contribution in [0.5, 0.6) is 0 Å². The highest BCUT2D eigenvalue weighted by Gasteiger charge is 2.56. The Hall–Kier alpha value is -5.84. The molecule has 0 radical (unpaired) electrons. The Balaban J connectivity index is 1.27. The molecule has 2 nitrogen and oxygen atoms in total. The predicted octanol–water partition coefficient (Wildman–Crippen LogP) is 10.6. The first-order valence-electron chi connectivity index (χ1n) is 17.5. The minimum absolute atomic E-state index is 0.0204. The number of thiophene rings is 1. The van der Waals surface area contributed by atoms with Gasteiger partial charge in [-0.05, 0) is 87.2 Å². The second kappa shape index (κ2) is 9.44. The molecule has 4 heteroatoms. The fourth-order valence-corrected chi connectivity index (χ4v) is 11.2. The zero-order chi connectivity index (χ0) is 32.7. The summed E-state index contributed by atoms with van der Waals surface area (Å²) in [7, 11) is 0. The number of aryl methyl sites for hydroxylation is 1. The van der Waals surface area contributed by atoms with Crippen LogP contribution < -0.4 is 20.0 Å². The van der Waals surface area contributed by atoms with Gasteiger partial charge in [-0.1, -0.05) is 127 Å². The van der Waals surface area contributed by atoms with Crippen molar-refractivity contribution in [2.75, 3.05) is 9.71 Å². The number of para-hydroxylation sites is 3. The smallest absolute Gasteiger partial charge is 0.343 e. The molecule has 0 saturated heterocycles. The molecule has 0 saturated carbocycles. The number of rotatable bonds is 1. The minimum Gasteiger partial charge on any atom is -0.375 e. The van der Waals surface area contributed by atoms with Crippen LogP contribution in [0.2, 0.25) is 0 Å². The van der Waals surface area contributed by atoms with E-state index in [4.69, 9.17) is 0 Å². The number of nitrogens with zero attached hydrogens (tertiary/aromatic N) is 2. The zero-order valence-electron chi connectivity index (χ0n) is 27.4. The van der Waals surface area contributed by atoms with E-state index in [2.05, 4.69) is 174 Å². The fraction of sp³-hybridized carbons (Fsp3) is 0.0435. The summed E-state index contributed by atoms with van der Waals surface area (Å²) < 4.78 is 2.72. The van der Waals surface area contributed by atoms with E-state index in [1.807, 2.05) is 11.3 Å². The molecule has 1 spiro atoms. The minimum atomic E-state index is -0.427. The molecule has 1 aliphatic carbocycles. The van der Waals surface area contributed by atoms with Crippen molar-refractivity contribution in [1.82, 2.24) is 0 Å². The summed E-state index contributed by atoms with van der Waals surface area (Å²) in [5.41, 5.74) is 19.4. The van der Waals surface area contributed by atoms with Crippen LogP contribution in [0.15, 0.2) is 158 Å². The standard InChI is InChI=1S/C46H29BN2S/c1-28-26-34-32-19-13-23-38-43(32)49(39-24-11-10-22-37(39)46(38)35-20-8-5-16-30(35)31-17-6-9-21-36(31)46)47-42(34)40(27-28)48(29-14-3-2-4-15-29)44-33-18-7-12-25-41(33)50-45(44)47/h2-27H,1H3. The third kappa shape index (κ3) is 3.09. The summed E-state index contributed by atoms with van der Waals surface area (Å²) in [5.74, 6) is 0. The lowest BCUT2D eigenvalue weighted by Crippen LogP contribution is -2.62. The summed E-state index contributed by atoms with van der Waals surface area (Å²) in [6, 6.07) is 59.4. The molecule has 4 heterocycles. The number of hydrogen-bond acceptors (Lipinski definition) is 3. The molecule has 7 aromatic carbocycles. The van der Waals surface area contributed by atoms with Gasteiger partial charge in [0.2, 0.25) is 0 Å². The number of fused-ring (bicyclic) bond motifs is 15. The maximum Gasteiger partial charge on any atom is 0.343 e. The molecular formula is C46H29BN2S. The molecule has 0 unspecified atom stereocenters. The first kappa shape index (κ1) is 27.0. The van der Waals surface area contributed by atoms with Crippen molar-refractivity contribution in [2.24, 2.45) is 0 Å². The Kier molecular flexibility index (Phi) is 5.11. The van der Waals surface area contributed by atoms with E-state index in [1.165, 1.54) is 98.8 Å². The van der Waals surface area contributed by atoms with E-state index in [9.17, 15) is 0 Å². The van der Waals surface area contributed by atoms with Gasteiger partial charge in [0.15, 0.2) is 0 Å². The van der Waals surface area contributed by atoms with Gasteiger partial charge in [0.25, 0.3) is 0 Å². The molecule has 0 N–H and O–H groups in total. The second-order valence-electron chi connectivity index (χ2n) is 14.1. The van der Waals surface area contributed by atoms with Crippen LogP contribution >= 0.6 is 11.3 Å². The van der Waals surface area contributed by atoms with Crippen LogP contribution in [0.25, 0.3) is 32.3 Å². The predicted molar refractivity (Wildman–Crippen MR) is 211 cm³/mol. The third-order valence-electron chi connectivity index (χ3n) is 11.6. The summed E-state index contributed by atoms with van der Waals surface area (Å²) >= 11 is 1.96. The molecule has 0 atom stereocenters. The lowest BCUT2D eigenvalue weighted by Gasteiger charge is -2.51. The molecule has 50 heavy (non-hydrogen) atoms. The third-order valence-corrected chi connectivity index (χ3v) is 12.9. The van der Waals surface area contributed by atoms with E-state index in [0.717, 1.165) is 0 Å². The van der Waals surface area contributed by atoms with Gasteiger partial charge in [-0.2, -0.15) is 0 Å². The molecule has 8 aromatic rings. The summed E-state index contributed by atoms with van der Waals surface area (Å²) in [4.78, 5) is 5.28. The average Bonchev–Trinajstić information content (AvgIpc) is 3.69. The van der Waals surface area contributed by atoms with E-state index in [1.54, 1.807) is 0 Å². The van der Waals surface area contributed by atoms with Gasteiger partial charge < -0.3 is 9.71 Å². The van der Waals surface area contributed by atoms with Crippen molar-refractivity contribution in [3.63, 3.8) is 0 Å². The van der Waals surface area contributed by atoms with Crippen molar-refractivity contribution >= 4 is 66.9 Å². The molecular weight excluding hydrogens is 623 g/mol. The second-order valence-corrected chi connectivity index (χ2v) is 15.1. The lowest BCUT2D eigenvalue weighted by atomic mass is 9.45. The van der Waals surface area contributed by atoms with Crippen molar-refractivity contribution in [1.29, 1.82) is 0 Å². The van der Waals surface area contributed by atoms with Crippen LogP contribution in [0.4, 0.5) is 28.4 Å². The molecule has 0 amide bonds. The van der Waals surface area contributed by atoms with E-state index < -0.39 is 5.41 Å². The molecule has 3 aliphatic heterocycles. The number of benzene rings is 7. The van der Waals surface area contributed by atoms with E-state index in [-0.39, 0.29) is 6.85 Å². The topological polar surface area (TPSA) is 6.48 Å². The van der Waals surface area contributed by atoms with Gasteiger partial charge in [0.05, 0.1) is 11.1 Å². The van der Waals surface area contributed by atoms with Gasteiger partial charge in [0, 0.05) is 43.2 Å². The van der Waals surface area contributed by atoms with Gasteiger partial charge >= 0.3 is 6.85 Å². The Bertz CT molecular complexity index is 2720. The van der Waals surface area contributed by atoms with Crippen LogP contribution in [-0.4, -0.2) is 6.85 Å². The van der Waals surface area contributed by atoms with Crippen LogP contribution in [0.3, 0.4) is 0 Å². The normalized spacial score (nSPS) is 14.9. The van der Waals surface area contributed by atoms with Gasteiger partial charge in [-0.25, -0.2) is 0 Å². The van der Waals surface area contributed by atoms with Crippen LogP contribution in [-0.2, 0) is 5.41 Å². The first-order chi connectivity index (χ1) is 24.7. The number of anilines is 5. The van der Waals surface area contributed by atoms with Gasteiger partial charge in [-0.15, -0.1) is 11.3 Å². The maximum atomic E-state index is 2.73.